The van der Waals surface area contributed by atoms with Crippen LogP contribution in [0.2, 0.25) is 0 Å². The number of carbonyl (C=O) groups is 1. The topological polar surface area (TPSA) is 35.6 Å². The molecule has 2 aromatic carbocycles. The molecule has 3 rings (SSSR count). The van der Waals surface area contributed by atoms with Gasteiger partial charge in [-0.25, -0.2) is 0 Å². The Morgan fingerprint density at radius 1 is 1.04 bits per heavy atom. The zero-order valence-electron chi connectivity index (χ0n) is 15.8. The molecule has 1 N–H and O–H groups in total. The molecular formula is C21H24F3N3O. The highest BCUT2D eigenvalue weighted by molar-refractivity contribution is 5.93. The average molecular weight is 391 g/mol. The van der Waals surface area contributed by atoms with E-state index in [1.165, 1.54) is 12.1 Å². The Hall–Kier alpha value is -2.54. The predicted octanol–water partition coefficient (Wildman–Crippen LogP) is 4.03. The number of para-hydroxylation sites is 1. The standard InChI is InChI=1S/C21H24F3N3O/c1-2-16-6-3-4-9-19(16)25-20(28)15-26-10-12-27(13-11-26)18-8-5-7-17(14-18)21(22,23)24/h3-9,14H,2,10-13,15H2,1H3,(H,25,28). The third kappa shape index (κ3) is 5.04. The maximum absolute atomic E-state index is 12.9. The van der Waals surface area contributed by atoms with Crippen molar-refractivity contribution in [1.29, 1.82) is 0 Å². The van der Waals surface area contributed by atoms with E-state index in [4.69, 9.17) is 0 Å². The van der Waals surface area contributed by atoms with Gasteiger partial charge in [0.05, 0.1) is 12.1 Å². The van der Waals surface area contributed by atoms with Gasteiger partial charge < -0.3 is 10.2 Å². The molecule has 7 heteroatoms. The lowest BCUT2D eigenvalue weighted by molar-refractivity contribution is -0.137. The van der Waals surface area contributed by atoms with Crippen molar-refractivity contribution in [3.05, 3.63) is 59.7 Å². The number of piperazine rings is 1. The van der Waals surface area contributed by atoms with Crippen LogP contribution in [0.25, 0.3) is 0 Å². The maximum Gasteiger partial charge on any atom is 0.416 e. The summed E-state index contributed by atoms with van der Waals surface area (Å²) in [5.74, 6) is -0.0755. The van der Waals surface area contributed by atoms with Crippen LogP contribution in [0.5, 0.6) is 0 Å². The number of hydrogen-bond donors (Lipinski definition) is 1. The average Bonchev–Trinajstić information content (AvgIpc) is 2.68. The van der Waals surface area contributed by atoms with E-state index in [2.05, 4.69) is 5.32 Å². The van der Waals surface area contributed by atoms with E-state index in [0.29, 0.717) is 31.9 Å². The lowest BCUT2D eigenvalue weighted by Gasteiger charge is -2.36. The molecule has 0 saturated carbocycles. The Morgan fingerprint density at radius 3 is 2.43 bits per heavy atom. The minimum atomic E-state index is -4.34. The molecule has 4 nitrogen and oxygen atoms in total. The van der Waals surface area contributed by atoms with E-state index in [1.54, 1.807) is 6.07 Å². The molecule has 28 heavy (non-hydrogen) atoms. The van der Waals surface area contributed by atoms with Crippen molar-refractivity contribution < 1.29 is 18.0 Å². The monoisotopic (exact) mass is 391 g/mol. The molecule has 0 radical (unpaired) electrons. The number of carbonyl (C=O) groups excluding carboxylic acids is 1. The summed E-state index contributed by atoms with van der Waals surface area (Å²) in [7, 11) is 0. The van der Waals surface area contributed by atoms with E-state index in [9.17, 15) is 18.0 Å². The zero-order chi connectivity index (χ0) is 20.1. The van der Waals surface area contributed by atoms with Gasteiger partial charge in [0.2, 0.25) is 5.91 Å². The first-order valence-electron chi connectivity index (χ1n) is 9.39. The van der Waals surface area contributed by atoms with E-state index in [1.807, 2.05) is 41.0 Å². The summed E-state index contributed by atoms with van der Waals surface area (Å²) in [6.45, 7) is 4.73. The summed E-state index contributed by atoms with van der Waals surface area (Å²) in [4.78, 5) is 16.3. The Balaban J connectivity index is 1.54. The summed E-state index contributed by atoms with van der Waals surface area (Å²) in [5.41, 5.74) is 1.85. The van der Waals surface area contributed by atoms with Gasteiger partial charge in [0.25, 0.3) is 0 Å². The SMILES string of the molecule is CCc1ccccc1NC(=O)CN1CCN(c2cccc(C(F)(F)F)c2)CC1. The molecule has 1 amide bonds. The van der Waals surface area contributed by atoms with Crippen LogP contribution in [0.1, 0.15) is 18.1 Å². The van der Waals surface area contributed by atoms with Gasteiger partial charge in [0.15, 0.2) is 0 Å². The molecular weight excluding hydrogens is 367 g/mol. The lowest BCUT2D eigenvalue weighted by atomic mass is 10.1. The Labute approximate surface area is 162 Å². The number of nitrogens with one attached hydrogen (secondary N) is 1. The second kappa shape index (κ2) is 8.65. The number of nitrogens with zero attached hydrogens (tertiary/aromatic N) is 2. The smallest absolute Gasteiger partial charge is 0.369 e. The Kier molecular flexibility index (Phi) is 6.24. The van der Waals surface area contributed by atoms with Gasteiger partial charge in [0.1, 0.15) is 0 Å². The highest BCUT2D eigenvalue weighted by Gasteiger charge is 2.31. The largest absolute Gasteiger partial charge is 0.416 e. The van der Waals surface area contributed by atoms with Gasteiger partial charge >= 0.3 is 6.18 Å². The predicted molar refractivity (Wildman–Crippen MR) is 105 cm³/mol. The van der Waals surface area contributed by atoms with Gasteiger partial charge in [-0.05, 0) is 36.2 Å². The summed E-state index contributed by atoms with van der Waals surface area (Å²) in [6, 6.07) is 13.1. The molecule has 0 bridgehead atoms. The number of halogens is 3. The van der Waals surface area contributed by atoms with Crippen LogP contribution >= 0.6 is 0 Å². The quantitative estimate of drug-likeness (QED) is 0.836. The van der Waals surface area contributed by atoms with Crippen molar-refractivity contribution in [3.8, 4) is 0 Å². The number of anilines is 2. The molecule has 1 saturated heterocycles. The van der Waals surface area contributed by atoms with Crippen LogP contribution in [0.3, 0.4) is 0 Å². The van der Waals surface area contributed by atoms with Crippen molar-refractivity contribution in [2.24, 2.45) is 0 Å². The fraction of sp³-hybridized carbons (Fsp3) is 0.381. The number of hydrogen-bond acceptors (Lipinski definition) is 3. The molecule has 150 valence electrons. The first-order chi connectivity index (χ1) is 13.4. The lowest BCUT2D eigenvalue weighted by Crippen LogP contribution is -2.48. The first-order valence-corrected chi connectivity index (χ1v) is 9.39. The van der Waals surface area contributed by atoms with E-state index < -0.39 is 11.7 Å². The fourth-order valence-corrected chi connectivity index (χ4v) is 3.39. The van der Waals surface area contributed by atoms with Crippen LogP contribution in [0.4, 0.5) is 24.5 Å². The zero-order valence-corrected chi connectivity index (χ0v) is 15.8. The van der Waals surface area contributed by atoms with Crippen LogP contribution in [0, 0.1) is 0 Å². The van der Waals surface area contributed by atoms with Gasteiger partial charge in [0, 0.05) is 37.6 Å². The number of aryl methyl sites for hydroxylation is 1. The van der Waals surface area contributed by atoms with Crippen molar-refractivity contribution in [2.75, 3.05) is 42.9 Å². The van der Waals surface area contributed by atoms with Crippen LogP contribution in [0.15, 0.2) is 48.5 Å². The van der Waals surface area contributed by atoms with Crippen LogP contribution in [-0.4, -0.2) is 43.5 Å². The minimum Gasteiger partial charge on any atom is -0.369 e. The molecule has 1 heterocycles. The third-order valence-electron chi connectivity index (χ3n) is 4.95. The molecule has 1 aliphatic rings. The number of alkyl halides is 3. The molecule has 0 atom stereocenters. The van der Waals surface area contributed by atoms with E-state index in [-0.39, 0.29) is 12.5 Å². The molecule has 0 unspecified atom stereocenters. The van der Waals surface area contributed by atoms with Crippen molar-refractivity contribution in [2.45, 2.75) is 19.5 Å². The molecule has 0 aromatic heterocycles. The fourth-order valence-electron chi connectivity index (χ4n) is 3.39. The molecule has 2 aromatic rings. The number of rotatable bonds is 5. The second-order valence-corrected chi connectivity index (χ2v) is 6.87. The van der Waals surface area contributed by atoms with Crippen molar-refractivity contribution in [3.63, 3.8) is 0 Å². The molecule has 0 aliphatic carbocycles. The normalized spacial score (nSPS) is 15.5. The second-order valence-electron chi connectivity index (χ2n) is 6.87. The molecule has 0 spiro atoms. The van der Waals surface area contributed by atoms with Crippen molar-refractivity contribution in [1.82, 2.24) is 4.90 Å². The third-order valence-corrected chi connectivity index (χ3v) is 4.95. The summed E-state index contributed by atoms with van der Waals surface area (Å²) in [6.07, 6.45) is -3.50. The maximum atomic E-state index is 12.9. The minimum absolute atomic E-state index is 0.0755. The van der Waals surface area contributed by atoms with Gasteiger partial charge in [-0.1, -0.05) is 31.2 Å². The Bertz CT molecular complexity index is 815. The van der Waals surface area contributed by atoms with Gasteiger partial charge in [-0.2, -0.15) is 13.2 Å². The highest BCUT2D eigenvalue weighted by Crippen LogP contribution is 2.31. The molecule has 1 aliphatic heterocycles. The number of amides is 1. The van der Waals surface area contributed by atoms with Gasteiger partial charge in [-0.3, -0.25) is 9.69 Å². The van der Waals surface area contributed by atoms with E-state index in [0.717, 1.165) is 23.7 Å². The number of benzene rings is 2. The van der Waals surface area contributed by atoms with Gasteiger partial charge in [-0.15, -0.1) is 0 Å². The van der Waals surface area contributed by atoms with Crippen molar-refractivity contribution >= 4 is 17.3 Å². The Morgan fingerprint density at radius 2 is 1.75 bits per heavy atom. The highest BCUT2D eigenvalue weighted by atomic mass is 19.4. The molecule has 1 fully saturated rings. The van der Waals surface area contributed by atoms with Crippen LogP contribution in [-0.2, 0) is 17.4 Å². The van der Waals surface area contributed by atoms with Crippen LogP contribution < -0.4 is 10.2 Å². The summed E-state index contributed by atoms with van der Waals surface area (Å²) >= 11 is 0. The van der Waals surface area contributed by atoms with E-state index >= 15 is 0 Å². The summed E-state index contributed by atoms with van der Waals surface area (Å²) < 4.78 is 38.7. The first kappa shape index (κ1) is 20.2. The summed E-state index contributed by atoms with van der Waals surface area (Å²) in [5, 5.41) is 2.96.